The van der Waals surface area contributed by atoms with Gasteiger partial charge in [-0.15, -0.1) is 0 Å². The smallest absolute Gasteiger partial charge is 0.153 e. The van der Waals surface area contributed by atoms with Crippen LogP contribution in [0.3, 0.4) is 0 Å². The number of ether oxygens (including phenoxy) is 1. The highest BCUT2D eigenvalue weighted by Gasteiger charge is 2.03. The number of carbonyl (C=O) groups excluding carboxylic acids is 1. The molecule has 0 aliphatic heterocycles. The molecule has 0 saturated carbocycles. The van der Waals surface area contributed by atoms with E-state index in [1.807, 2.05) is 10.8 Å². The number of carbonyl (C=O) groups is 1. The number of aromatic nitrogens is 2. The number of rotatable bonds is 6. The zero-order valence-electron chi connectivity index (χ0n) is 9.75. The Morgan fingerprint density at radius 2 is 2.33 bits per heavy atom. The summed E-state index contributed by atoms with van der Waals surface area (Å²) in [6, 6.07) is 5.02. The summed E-state index contributed by atoms with van der Waals surface area (Å²) in [5.41, 5.74) is 0.477. The fourth-order valence-electron chi connectivity index (χ4n) is 1.59. The van der Waals surface area contributed by atoms with E-state index in [4.69, 9.17) is 16.3 Å². The van der Waals surface area contributed by atoms with Gasteiger partial charge in [0.1, 0.15) is 5.75 Å². The van der Waals surface area contributed by atoms with Crippen LogP contribution in [0.15, 0.2) is 36.9 Å². The van der Waals surface area contributed by atoms with Crippen molar-refractivity contribution in [3.05, 3.63) is 47.5 Å². The van der Waals surface area contributed by atoms with Crippen LogP contribution in [0, 0.1) is 0 Å². The first-order valence-corrected chi connectivity index (χ1v) is 6.00. The van der Waals surface area contributed by atoms with Crippen LogP contribution in [0.25, 0.3) is 0 Å². The quantitative estimate of drug-likeness (QED) is 0.595. The zero-order chi connectivity index (χ0) is 12.8. The number of aldehydes is 1. The maximum absolute atomic E-state index is 10.8. The monoisotopic (exact) mass is 264 g/mol. The topological polar surface area (TPSA) is 44.1 Å². The van der Waals surface area contributed by atoms with Crippen molar-refractivity contribution < 1.29 is 9.53 Å². The average Bonchev–Trinajstić information content (AvgIpc) is 2.89. The second-order valence-corrected chi connectivity index (χ2v) is 4.24. The highest BCUT2D eigenvalue weighted by Crippen LogP contribution is 2.21. The third kappa shape index (κ3) is 3.34. The first-order valence-electron chi connectivity index (χ1n) is 5.63. The van der Waals surface area contributed by atoms with Gasteiger partial charge in [-0.25, -0.2) is 4.98 Å². The summed E-state index contributed by atoms with van der Waals surface area (Å²) in [5, 5.41) is 0.530. The molecule has 0 fully saturated rings. The maximum atomic E-state index is 10.8. The van der Waals surface area contributed by atoms with Gasteiger partial charge in [0.25, 0.3) is 0 Å². The fraction of sp³-hybridized carbons (Fsp3) is 0.231. The lowest BCUT2D eigenvalue weighted by Gasteiger charge is -2.08. The van der Waals surface area contributed by atoms with Gasteiger partial charge in [-0.05, 0) is 24.6 Å². The van der Waals surface area contributed by atoms with Gasteiger partial charge in [0.05, 0.1) is 18.5 Å². The van der Waals surface area contributed by atoms with Crippen molar-refractivity contribution in [1.82, 2.24) is 9.55 Å². The van der Waals surface area contributed by atoms with Crippen LogP contribution >= 0.6 is 11.6 Å². The van der Waals surface area contributed by atoms with Crippen molar-refractivity contribution >= 4 is 17.9 Å². The summed E-state index contributed by atoms with van der Waals surface area (Å²) >= 11 is 5.80. The molecular weight excluding hydrogens is 252 g/mol. The van der Waals surface area contributed by atoms with Crippen LogP contribution in [0.5, 0.6) is 5.75 Å². The molecule has 0 aliphatic rings. The average molecular weight is 265 g/mol. The summed E-state index contributed by atoms with van der Waals surface area (Å²) in [6.45, 7) is 1.38. The summed E-state index contributed by atoms with van der Waals surface area (Å²) in [4.78, 5) is 14.8. The number of halogens is 1. The lowest BCUT2D eigenvalue weighted by atomic mass is 10.2. The van der Waals surface area contributed by atoms with E-state index in [1.165, 1.54) is 0 Å². The van der Waals surface area contributed by atoms with Crippen molar-refractivity contribution in [3.63, 3.8) is 0 Å². The summed E-state index contributed by atoms with van der Waals surface area (Å²) in [6.07, 6.45) is 7.00. The van der Waals surface area contributed by atoms with E-state index < -0.39 is 0 Å². The maximum Gasteiger partial charge on any atom is 0.153 e. The predicted molar refractivity (Wildman–Crippen MR) is 69.2 cm³/mol. The van der Waals surface area contributed by atoms with Crippen molar-refractivity contribution in [3.8, 4) is 5.75 Å². The van der Waals surface area contributed by atoms with Crippen LogP contribution in [-0.2, 0) is 6.54 Å². The number of nitrogens with zero attached hydrogens (tertiary/aromatic N) is 2. The molecule has 4 nitrogen and oxygen atoms in total. The molecule has 94 valence electrons. The zero-order valence-corrected chi connectivity index (χ0v) is 10.5. The number of benzene rings is 1. The Kier molecular flexibility index (Phi) is 4.36. The molecule has 5 heteroatoms. The number of aryl methyl sites for hydroxylation is 1. The van der Waals surface area contributed by atoms with Crippen LogP contribution in [0.4, 0.5) is 0 Å². The third-order valence-electron chi connectivity index (χ3n) is 2.48. The predicted octanol–water partition coefficient (Wildman–Crippen LogP) is 2.82. The molecule has 2 rings (SSSR count). The lowest BCUT2D eigenvalue weighted by molar-refractivity contribution is 0.111. The molecule has 0 aliphatic carbocycles. The minimum Gasteiger partial charge on any atom is -0.493 e. The number of hydrogen-bond donors (Lipinski definition) is 0. The Balaban J connectivity index is 1.84. The minimum absolute atomic E-state index is 0.477. The number of imidazole rings is 1. The highest BCUT2D eigenvalue weighted by molar-refractivity contribution is 6.30. The first-order chi connectivity index (χ1) is 8.79. The minimum atomic E-state index is 0.477. The Morgan fingerprint density at radius 1 is 1.44 bits per heavy atom. The van der Waals surface area contributed by atoms with E-state index in [2.05, 4.69) is 4.98 Å². The van der Waals surface area contributed by atoms with Crippen LogP contribution in [-0.4, -0.2) is 22.4 Å². The molecule has 1 aromatic heterocycles. The van der Waals surface area contributed by atoms with Gasteiger partial charge in [-0.3, -0.25) is 4.79 Å². The molecule has 0 atom stereocenters. The highest BCUT2D eigenvalue weighted by atomic mass is 35.5. The Bertz CT molecular complexity index is 512. The van der Waals surface area contributed by atoms with Crippen LogP contribution < -0.4 is 4.74 Å². The van der Waals surface area contributed by atoms with Gasteiger partial charge in [0, 0.05) is 24.0 Å². The van der Waals surface area contributed by atoms with E-state index >= 15 is 0 Å². The van der Waals surface area contributed by atoms with Crippen molar-refractivity contribution in [2.75, 3.05) is 6.61 Å². The second-order valence-electron chi connectivity index (χ2n) is 3.80. The van der Waals surface area contributed by atoms with E-state index in [0.29, 0.717) is 22.9 Å². The van der Waals surface area contributed by atoms with Gasteiger partial charge in [0.2, 0.25) is 0 Å². The lowest BCUT2D eigenvalue weighted by Crippen LogP contribution is -2.04. The molecular formula is C13H13ClN2O2. The molecule has 0 radical (unpaired) electrons. The summed E-state index contributed by atoms with van der Waals surface area (Å²) in [7, 11) is 0. The van der Waals surface area contributed by atoms with Crippen LogP contribution in [0.1, 0.15) is 16.8 Å². The van der Waals surface area contributed by atoms with E-state index in [1.54, 1.807) is 30.7 Å². The molecule has 0 saturated heterocycles. The standard InChI is InChI=1S/C13H13ClN2O2/c14-12-2-3-13(11(8-12)9-17)18-7-1-5-16-6-4-15-10-16/h2-4,6,8-10H,1,5,7H2. The van der Waals surface area contributed by atoms with E-state index in [0.717, 1.165) is 19.3 Å². The van der Waals surface area contributed by atoms with Gasteiger partial charge in [-0.1, -0.05) is 11.6 Å². The van der Waals surface area contributed by atoms with E-state index in [9.17, 15) is 4.79 Å². The second kappa shape index (κ2) is 6.21. The normalized spacial score (nSPS) is 10.3. The first kappa shape index (κ1) is 12.6. The molecule has 0 bridgehead atoms. The molecule has 2 aromatic rings. The van der Waals surface area contributed by atoms with Gasteiger partial charge < -0.3 is 9.30 Å². The van der Waals surface area contributed by atoms with Crippen molar-refractivity contribution in [1.29, 1.82) is 0 Å². The van der Waals surface area contributed by atoms with Gasteiger partial charge >= 0.3 is 0 Å². The fourth-order valence-corrected chi connectivity index (χ4v) is 1.77. The van der Waals surface area contributed by atoms with Gasteiger partial charge in [0.15, 0.2) is 6.29 Å². The molecule has 0 spiro atoms. The summed E-state index contributed by atoms with van der Waals surface area (Å²) in [5.74, 6) is 0.569. The molecule has 0 amide bonds. The molecule has 1 heterocycles. The molecule has 0 N–H and O–H groups in total. The Morgan fingerprint density at radius 3 is 3.06 bits per heavy atom. The van der Waals surface area contributed by atoms with Crippen molar-refractivity contribution in [2.45, 2.75) is 13.0 Å². The van der Waals surface area contributed by atoms with Crippen molar-refractivity contribution in [2.24, 2.45) is 0 Å². The molecule has 1 aromatic carbocycles. The van der Waals surface area contributed by atoms with Crippen LogP contribution in [0.2, 0.25) is 5.02 Å². The molecule has 0 unspecified atom stereocenters. The number of hydrogen-bond acceptors (Lipinski definition) is 3. The Hall–Kier alpha value is -1.81. The van der Waals surface area contributed by atoms with Gasteiger partial charge in [-0.2, -0.15) is 0 Å². The largest absolute Gasteiger partial charge is 0.493 e. The summed E-state index contributed by atoms with van der Waals surface area (Å²) < 4.78 is 7.54. The SMILES string of the molecule is O=Cc1cc(Cl)ccc1OCCCn1ccnc1. The van der Waals surface area contributed by atoms with E-state index in [-0.39, 0.29) is 0 Å². The Labute approximate surface area is 110 Å². The third-order valence-corrected chi connectivity index (χ3v) is 2.71. The molecule has 18 heavy (non-hydrogen) atoms.